The van der Waals surface area contributed by atoms with Gasteiger partial charge in [-0.2, -0.15) is 0 Å². The van der Waals surface area contributed by atoms with Crippen LogP contribution < -0.4 is 10.6 Å². The molecule has 0 radical (unpaired) electrons. The smallest absolute Gasteiger partial charge is 0.316 e. The van der Waals surface area contributed by atoms with E-state index in [1.165, 1.54) is 36.0 Å². The second-order valence-corrected chi connectivity index (χ2v) is 6.23. The highest BCUT2D eigenvalue weighted by molar-refractivity contribution is 7.98. The molecule has 0 bridgehead atoms. The summed E-state index contributed by atoms with van der Waals surface area (Å²) in [6.07, 6.45) is 1.79. The van der Waals surface area contributed by atoms with E-state index >= 15 is 0 Å². The molecule has 2 aromatic rings. The highest BCUT2D eigenvalue weighted by Gasteiger charge is 2.55. The van der Waals surface area contributed by atoms with Crippen molar-refractivity contribution < 1.29 is 18.4 Å². The number of thioether (sulfide) groups is 1. The molecule has 2 aromatic carbocycles. The third-order valence-corrected chi connectivity index (χ3v) is 4.98. The third-order valence-electron chi connectivity index (χ3n) is 4.21. The standard InChI is InChI=1S/C16H10F2N2O2S/c1-23-12-6-8(18)5-11-13(12)9-3-2-7(17)4-10(9)16(11)14(21)19-15(22)20-16/h2-6H,1H3,(H2,19,20,21,22). The summed E-state index contributed by atoms with van der Waals surface area (Å²) < 4.78 is 27.8. The zero-order chi connectivity index (χ0) is 16.4. The first-order valence-electron chi connectivity index (χ1n) is 6.79. The van der Waals surface area contributed by atoms with Crippen LogP contribution in [0.5, 0.6) is 0 Å². The molecule has 2 aliphatic rings. The quantitative estimate of drug-likeness (QED) is 0.624. The Morgan fingerprint density at radius 1 is 1.04 bits per heavy atom. The predicted octanol–water partition coefficient (Wildman–Crippen LogP) is 2.75. The van der Waals surface area contributed by atoms with E-state index in [-0.39, 0.29) is 0 Å². The lowest BCUT2D eigenvalue weighted by Gasteiger charge is -2.23. The lowest BCUT2D eigenvalue weighted by atomic mass is 9.87. The molecule has 1 saturated heterocycles. The third kappa shape index (κ3) is 1.71. The van der Waals surface area contributed by atoms with E-state index < -0.39 is 29.1 Å². The fraction of sp³-hybridized carbons (Fsp3) is 0.125. The van der Waals surface area contributed by atoms with Gasteiger partial charge in [0.1, 0.15) is 11.6 Å². The first-order valence-corrected chi connectivity index (χ1v) is 8.02. The van der Waals surface area contributed by atoms with Gasteiger partial charge >= 0.3 is 6.03 Å². The van der Waals surface area contributed by atoms with Crippen LogP contribution in [0.1, 0.15) is 11.1 Å². The van der Waals surface area contributed by atoms with Gasteiger partial charge in [0.05, 0.1) is 0 Å². The molecule has 4 nitrogen and oxygen atoms in total. The van der Waals surface area contributed by atoms with Crippen LogP contribution in [0, 0.1) is 11.6 Å². The molecule has 3 amide bonds. The van der Waals surface area contributed by atoms with Crippen molar-refractivity contribution in [3.8, 4) is 11.1 Å². The van der Waals surface area contributed by atoms with Gasteiger partial charge < -0.3 is 5.32 Å². The number of hydrogen-bond acceptors (Lipinski definition) is 3. The number of fused-ring (bicyclic) bond motifs is 5. The minimum absolute atomic E-state index is 0.316. The van der Waals surface area contributed by atoms with Crippen molar-refractivity contribution in [3.05, 3.63) is 53.1 Å². The molecule has 2 N–H and O–H groups in total. The number of halogens is 2. The number of carbonyl (C=O) groups is 2. The highest BCUT2D eigenvalue weighted by atomic mass is 32.2. The monoisotopic (exact) mass is 332 g/mol. The Morgan fingerprint density at radius 2 is 1.78 bits per heavy atom. The van der Waals surface area contributed by atoms with E-state index in [1.54, 1.807) is 12.3 Å². The van der Waals surface area contributed by atoms with Crippen LogP contribution in [-0.2, 0) is 10.3 Å². The van der Waals surface area contributed by atoms with Crippen LogP contribution in [0.4, 0.5) is 13.6 Å². The van der Waals surface area contributed by atoms with E-state index in [1.807, 2.05) is 0 Å². The van der Waals surface area contributed by atoms with E-state index in [4.69, 9.17) is 0 Å². The first-order chi connectivity index (χ1) is 11.0. The molecule has 4 rings (SSSR count). The minimum atomic E-state index is -1.59. The van der Waals surface area contributed by atoms with Crippen molar-refractivity contribution in [2.45, 2.75) is 10.4 Å². The van der Waals surface area contributed by atoms with Crippen molar-refractivity contribution >= 4 is 23.7 Å². The Kier molecular flexibility index (Phi) is 2.81. The van der Waals surface area contributed by atoms with Gasteiger partial charge in [0.15, 0.2) is 5.54 Å². The van der Waals surface area contributed by atoms with E-state index in [9.17, 15) is 18.4 Å². The molecule has 1 unspecified atom stereocenters. The molecule has 1 aliphatic heterocycles. The Balaban J connectivity index is 2.15. The number of amides is 3. The van der Waals surface area contributed by atoms with Crippen molar-refractivity contribution in [2.75, 3.05) is 6.26 Å². The van der Waals surface area contributed by atoms with Gasteiger partial charge in [-0.1, -0.05) is 6.07 Å². The Hall–Kier alpha value is -2.41. The predicted molar refractivity (Wildman–Crippen MR) is 81.0 cm³/mol. The lowest BCUT2D eigenvalue weighted by molar-refractivity contribution is -0.122. The molecule has 1 heterocycles. The highest BCUT2D eigenvalue weighted by Crippen LogP contribution is 2.52. The van der Waals surface area contributed by atoms with Gasteiger partial charge in [-0.15, -0.1) is 11.8 Å². The summed E-state index contributed by atoms with van der Waals surface area (Å²) in [6.45, 7) is 0. The molecular formula is C16H10F2N2O2S. The van der Waals surface area contributed by atoms with Gasteiger partial charge in [-0.25, -0.2) is 13.6 Å². The van der Waals surface area contributed by atoms with Gasteiger partial charge in [-0.05, 0) is 36.1 Å². The van der Waals surface area contributed by atoms with Crippen molar-refractivity contribution in [3.63, 3.8) is 0 Å². The molecule has 7 heteroatoms. The fourth-order valence-corrected chi connectivity index (χ4v) is 4.00. The molecule has 1 fully saturated rings. The SMILES string of the molecule is CSc1cc(F)cc2c1-c1ccc(F)cc1C21NC(=O)NC1=O. The summed E-state index contributed by atoms with van der Waals surface area (Å²) in [7, 11) is 0. The number of rotatable bonds is 1. The molecule has 0 saturated carbocycles. The Morgan fingerprint density at radius 3 is 2.43 bits per heavy atom. The number of benzene rings is 2. The molecule has 1 aliphatic carbocycles. The van der Waals surface area contributed by atoms with Crippen molar-refractivity contribution in [1.82, 2.24) is 10.6 Å². The minimum Gasteiger partial charge on any atom is -0.316 e. The Labute approximate surface area is 134 Å². The van der Waals surface area contributed by atoms with Crippen LogP contribution in [0.25, 0.3) is 11.1 Å². The second-order valence-electron chi connectivity index (χ2n) is 5.38. The summed E-state index contributed by atoms with van der Waals surface area (Å²) >= 11 is 1.32. The zero-order valence-corrected chi connectivity index (χ0v) is 12.7. The average Bonchev–Trinajstić information content (AvgIpc) is 2.95. The van der Waals surface area contributed by atoms with Crippen LogP contribution in [0.2, 0.25) is 0 Å². The summed E-state index contributed by atoms with van der Waals surface area (Å²) in [5, 5.41) is 4.72. The summed E-state index contributed by atoms with van der Waals surface area (Å²) in [4.78, 5) is 24.9. The number of carbonyl (C=O) groups excluding carboxylic acids is 2. The molecule has 1 atom stereocenters. The molecule has 116 valence electrons. The number of nitrogens with one attached hydrogen (secondary N) is 2. The molecule has 1 spiro atoms. The van der Waals surface area contributed by atoms with Crippen LogP contribution in [0.15, 0.2) is 35.2 Å². The zero-order valence-electron chi connectivity index (χ0n) is 11.9. The van der Waals surface area contributed by atoms with Crippen LogP contribution in [0.3, 0.4) is 0 Å². The first kappa shape index (κ1) is 14.2. The van der Waals surface area contributed by atoms with Crippen molar-refractivity contribution in [2.24, 2.45) is 0 Å². The Bertz CT molecular complexity index is 900. The second kappa shape index (κ2) is 4.55. The van der Waals surface area contributed by atoms with Gasteiger partial charge in [-0.3, -0.25) is 10.1 Å². The van der Waals surface area contributed by atoms with Gasteiger partial charge in [0.25, 0.3) is 5.91 Å². The van der Waals surface area contributed by atoms with Crippen molar-refractivity contribution in [1.29, 1.82) is 0 Å². The molecular weight excluding hydrogens is 322 g/mol. The maximum Gasteiger partial charge on any atom is 0.322 e. The van der Waals surface area contributed by atoms with Crippen LogP contribution >= 0.6 is 11.8 Å². The summed E-state index contributed by atoms with van der Waals surface area (Å²) in [5.41, 5.74) is 0.313. The molecule has 23 heavy (non-hydrogen) atoms. The topological polar surface area (TPSA) is 58.2 Å². The van der Waals surface area contributed by atoms with Crippen LogP contribution in [-0.4, -0.2) is 18.2 Å². The molecule has 0 aromatic heterocycles. The van der Waals surface area contributed by atoms with Gasteiger partial charge in [0.2, 0.25) is 0 Å². The fourth-order valence-electron chi connectivity index (χ4n) is 3.34. The summed E-state index contributed by atoms with van der Waals surface area (Å²) in [5.74, 6) is -1.68. The van der Waals surface area contributed by atoms with E-state index in [2.05, 4.69) is 10.6 Å². The number of hydrogen-bond donors (Lipinski definition) is 2. The van der Waals surface area contributed by atoms with Gasteiger partial charge in [0, 0.05) is 21.6 Å². The number of urea groups is 1. The lowest BCUT2D eigenvalue weighted by Crippen LogP contribution is -2.43. The largest absolute Gasteiger partial charge is 0.322 e. The maximum atomic E-state index is 14.0. The van der Waals surface area contributed by atoms with E-state index in [0.29, 0.717) is 27.1 Å². The number of imide groups is 1. The summed E-state index contributed by atoms with van der Waals surface area (Å²) in [6, 6.07) is 5.94. The van der Waals surface area contributed by atoms with E-state index in [0.717, 1.165) is 0 Å². The average molecular weight is 332 g/mol. The normalized spacial score (nSPS) is 21.2. The maximum absolute atomic E-state index is 14.0.